The summed E-state index contributed by atoms with van der Waals surface area (Å²) in [4.78, 5) is 10.2. The molecule has 0 aliphatic rings. The first-order valence-corrected chi connectivity index (χ1v) is 7.46. The van der Waals surface area contributed by atoms with Crippen molar-refractivity contribution in [2.45, 2.75) is 19.9 Å². The van der Waals surface area contributed by atoms with Crippen molar-refractivity contribution in [3.8, 4) is 0 Å². The third-order valence-electron chi connectivity index (χ3n) is 3.47. The number of nitrogens with zero attached hydrogens (tertiary/aromatic N) is 1. The van der Waals surface area contributed by atoms with Crippen molar-refractivity contribution in [1.29, 1.82) is 0 Å². The SMILES string of the molecule is CCc1ccc(CNCCNc2ccc([N+](=O)[O-])cc2)cc1. The first-order chi connectivity index (χ1) is 10.7. The van der Waals surface area contributed by atoms with Gasteiger partial charge in [-0.15, -0.1) is 0 Å². The average Bonchev–Trinajstić information content (AvgIpc) is 2.55. The average molecular weight is 299 g/mol. The normalized spacial score (nSPS) is 10.4. The minimum Gasteiger partial charge on any atom is -0.384 e. The van der Waals surface area contributed by atoms with E-state index in [0.717, 1.165) is 31.7 Å². The van der Waals surface area contributed by atoms with Crippen LogP contribution < -0.4 is 10.6 Å². The lowest BCUT2D eigenvalue weighted by molar-refractivity contribution is -0.384. The highest BCUT2D eigenvalue weighted by Gasteiger charge is 2.03. The Balaban J connectivity index is 1.67. The summed E-state index contributed by atoms with van der Waals surface area (Å²) in [5, 5.41) is 17.2. The van der Waals surface area contributed by atoms with E-state index in [1.54, 1.807) is 12.1 Å². The van der Waals surface area contributed by atoms with E-state index < -0.39 is 4.92 Å². The number of non-ortho nitro benzene ring substituents is 1. The van der Waals surface area contributed by atoms with Gasteiger partial charge in [-0.3, -0.25) is 10.1 Å². The highest BCUT2D eigenvalue weighted by molar-refractivity contribution is 5.48. The molecule has 116 valence electrons. The third kappa shape index (κ3) is 4.86. The van der Waals surface area contributed by atoms with Gasteiger partial charge in [0.1, 0.15) is 0 Å². The first-order valence-electron chi connectivity index (χ1n) is 7.46. The van der Waals surface area contributed by atoms with E-state index in [0.29, 0.717) is 0 Å². The molecule has 0 heterocycles. The summed E-state index contributed by atoms with van der Waals surface area (Å²) in [6.45, 7) is 4.58. The Morgan fingerprint density at radius 1 is 0.955 bits per heavy atom. The molecular weight excluding hydrogens is 278 g/mol. The number of hydrogen-bond donors (Lipinski definition) is 2. The predicted octanol–water partition coefficient (Wildman–Crippen LogP) is 3.36. The highest BCUT2D eigenvalue weighted by atomic mass is 16.6. The monoisotopic (exact) mass is 299 g/mol. The number of anilines is 1. The fraction of sp³-hybridized carbons (Fsp3) is 0.294. The Bertz CT molecular complexity index is 594. The Kier molecular flexibility index (Phi) is 5.91. The van der Waals surface area contributed by atoms with Crippen LogP contribution in [0.4, 0.5) is 11.4 Å². The molecule has 0 atom stereocenters. The van der Waals surface area contributed by atoms with Crippen molar-refractivity contribution >= 4 is 11.4 Å². The number of aryl methyl sites for hydroxylation is 1. The van der Waals surface area contributed by atoms with Gasteiger partial charge >= 0.3 is 0 Å². The molecular formula is C17H21N3O2. The smallest absolute Gasteiger partial charge is 0.269 e. The number of benzene rings is 2. The molecule has 0 saturated heterocycles. The Hall–Kier alpha value is -2.40. The molecule has 0 aliphatic heterocycles. The second-order valence-corrected chi connectivity index (χ2v) is 5.08. The van der Waals surface area contributed by atoms with Crippen molar-refractivity contribution in [3.63, 3.8) is 0 Å². The van der Waals surface area contributed by atoms with E-state index in [-0.39, 0.29) is 5.69 Å². The van der Waals surface area contributed by atoms with E-state index >= 15 is 0 Å². The summed E-state index contributed by atoms with van der Waals surface area (Å²) < 4.78 is 0. The van der Waals surface area contributed by atoms with Crippen LogP contribution in [-0.4, -0.2) is 18.0 Å². The Morgan fingerprint density at radius 3 is 2.18 bits per heavy atom. The van der Waals surface area contributed by atoms with Gasteiger partial charge in [0.25, 0.3) is 5.69 Å². The Labute approximate surface area is 130 Å². The summed E-state index contributed by atoms with van der Waals surface area (Å²) in [5.74, 6) is 0. The van der Waals surface area contributed by atoms with Crippen LogP contribution in [0, 0.1) is 10.1 Å². The van der Waals surface area contributed by atoms with Crippen LogP contribution in [-0.2, 0) is 13.0 Å². The van der Waals surface area contributed by atoms with Crippen LogP contribution in [0.25, 0.3) is 0 Å². The van der Waals surface area contributed by atoms with Gasteiger partial charge in [0, 0.05) is 37.5 Å². The standard InChI is InChI=1S/C17H21N3O2/c1-2-14-3-5-15(6-4-14)13-18-11-12-19-16-7-9-17(10-8-16)20(21)22/h3-10,18-19H,2,11-13H2,1H3. The van der Waals surface area contributed by atoms with Gasteiger partial charge in [-0.1, -0.05) is 31.2 Å². The molecule has 0 unspecified atom stereocenters. The van der Waals surface area contributed by atoms with E-state index in [1.165, 1.54) is 23.3 Å². The van der Waals surface area contributed by atoms with Crippen LogP contribution in [0.2, 0.25) is 0 Å². The van der Waals surface area contributed by atoms with E-state index in [1.807, 2.05) is 0 Å². The summed E-state index contributed by atoms with van der Waals surface area (Å²) in [6.07, 6.45) is 1.06. The van der Waals surface area contributed by atoms with Gasteiger partial charge in [-0.05, 0) is 29.7 Å². The quantitative estimate of drug-likeness (QED) is 0.445. The van der Waals surface area contributed by atoms with Crippen molar-refractivity contribution in [1.82, 2.24) is 5.32 Å². The van der Waals surface area contributed by atoms with Gasteiger partial charge in [-0.25, -0.2) is 0 Å². The molecule has 0 bridgehead atoms. The van der Waals surface area contributed by atoms with Crippen LogP contribution >= 0.6 is 0 Å². The maximum absolute atomic E-state index is 10.6. The zero-order valence-electron chi connectivity index (χ0n) is 12.7. The van der Waals surface area contributed by atoms with Crippen LogP contribution in [0.3, 0.4) is 0 Å². The third-order valence-corrected chi connectivity index (χ3v) is 3.47. The molecule has 0 amide bonds. The maximum atomic E-state index is 10.6. The number of nitro groups is 1. The van der Waals surface area contributed by atoms with Crippen LogP contribution in [0.15, 0.2) is 48.5 Å². The van der Waals surface area contributed by atoms with Crippen LogP contribution in [0.5, 0.6) is 0 Å². The zero-order valence-corrected chi connectivity index (χ0v) is 12.7. The minimum atomic E-state index is -0.394. The van der Waals surface area contributed by atoms with Gasteiger partial charge in [-0.2, -0.15) is 0 Å². The van der Waals surface area contributed by atoms with Crippen molar-refractivity contribution in [2.75, 3.05) is 18.4 Å². The van der Waals surface area contributed by atoms with E-state index in [4.69, 9.17) is 0 Å². The fourth-order valence-corrected chi connectivity index (χ4v) is 2.12. The second kappa shape index (κ2) is 8.14. The highest BCUT2D eigenvalue weighted by Crippen LogP contribution is 2.14. The minimum absolute atomic E-state index is 0.110. The number of rotatable bonds is 8. The molecule has 5 nitrogen and oxygen atoms in total. The zero-order chi connectivity index (χ0) is 15.8. The summed E-state index contributed by atoms with van der Waals surface area (Å²) >= 11 is 0. The first kappa shape index (κ1) is 16.0. The largest absolute Gasteiger partial charge is 0.384 e. The molecule has 0 radical (unpaired) electrons. The number of nitrogens with one attached hydrogen (secondary N) is 2. The summed E-state index contributed by atoms with van der Waals surface area (Å²) in [7, 11) is 0. The number of nitro benzene ring substituents is 1. The lowest BCUT2D eigenvalue weighted by Gasteiger charge is -2.08. The molecule has 2 aromatic rings. The van der Waals surface area contributed by atoms with Gasteiger partial charge in [0.2, 0.25) is 0 Å². The number of hydrogen-bond acceptors (Lipinski definition) is 4. The van der Waals surface area contributed by atoms with Crippen molar-refractivity contribution < 1.29 is 4.92 Å². The lowest BCUT2D eigenvalue weighted by Crippen LogP contribution is -2.21. The summed E-state index contributed by atoms with van der Waals surface area (Å²) in [6, 6.07) is 15.1. The van der Waals surface area contributed by atoms with Crippen LogP contribution in [0.1, 0.15) is 18.1 Å². The van der Waals surface area contributed by atoms with Gasteiger partial charge in [0.15, 0.2) is 0 Å². The predicted molar refractivity (Wildman–Crippen MR) is 89.1 cm³/mol. The van der Waals surface area contributed by atoms with Crippen molar-refractivity contribution in [3.05, 3.63) is 69.8 Å². The van der Waals surface area contributed by atoms with Crippen molar-refractivity contribution in [2.24, 2.45) is 0 Å². The van der Waals surface area contributed by atoms with Gasteiger partial charge in [0.05, 0.1) is 4.92 Å². The molecule has 0 fully saturated rings. The summed E-state index contributed by atoms with van der Waals surface area (Å²) in [5.41, 5.74) is 3.62. The van der Waals surface area contributed by atoms with E-state index in [2.05, 4.69) is 41.8 Å². The molecule has 2 aromatic carbocycles. The molecule has 0 aliphatic carbocycles. The molecule has 2 rings (SSSR count). The molecule has 0 aromatic heterocycles. The molecule has 22 heavy (non-hydrogen) atoms. The lowest BCUT2D eigenvalue weighted by atomic mass is 10.1. The molecule has 0 saturated carbocycles. The van der Waals surface area contributed by atoms with Gasteiger partial charge < -0.3 is 10.6 Å². The fourth-order valence-electron chi connectivity index (χ4n) is 2.12. The molecule has 5 heteroatoms. The molecule has 2 N–H and O–H groups in total. The van der Waals surface area contributed by atoms with E-state index in [9.17, 15) is 10.1 Å². The second-order valence-electron chi connectivity index (χ2n) is 5.08. The maximum Gasteiger partial charge on any atom is 0.269 e. The topological polar surface area (TPSA) is 67.2 Å². The Morgan fingerprint density at radius 2 is 1.59 bits per heavy atom. The molecule has 0 spiro atoms.